The molecule has 1 saturated heterocycles. The molecule has 0 saturated carbocycles. The first-order chi connectivity index (χ1) is 7.20. The third-order valence-corrected chi connectivity index (χ3v) is 3.16. The van der Waals surface area contributed by atoms with Gasteiger partial charge in [0, 0.05) is 6.04 Å². The maximum absolute atomic E-state index is 11.3. The summed E-state index contributed by atoms with van der Waals surface area (Å²) >= 11 is 0. The summed E-state index contributed by atoms with van der Waals surface area (Å²) in [4.78, 5) is 13.5. The van der Waals surface area contributed by atoms with Gasteiger partial charge in [-0.3, -0.25) is 9.69 Å². The first-order valence-electron chi connectivity index (χ1n) is 5.24. The molecule has 3 nitrogen and oxygen atoms in total. The number of nitrogens with zero attached hydrogens (tertiary/aromatic N) is 1. The minimum absolute atomic E-state index is 0.0441. The highest BCUT2D eigenvalue weighted by molar-refractivity contribution is 5.78. The molecule has 1 aromatic rings. The highest BCUT2D eigenvalue weighted by atomic mass is 16.1. The highest BCUT2D eigenvalue weighted by Gasteiger charge is 2.36. The summed E-state index contributed by atoms with van der Waals surface area (Å²) < 4.78 is 0. The van der Waals surface area contributed by atoms with Crippen molar-refractivity contribution in [2.45, 2.75) is 12.5 Å². The van der Waals surface area contributed by atoms with E-state index in [2.05, 4.69) is 17.0 Å². The summed E-state index contributed by atoms with van der Waals surface area (Å²) in [6.45, 7) is 0.938. The van der Waals surface area contributed by atoms with E-state index < -0.39 is 0 Å². The smallest absolute Gasteiger partial charge is 0.222 e. The fraction of sp³-hybridized carbons (Fsp3) is 0.417. The van der Waals surface area contributed by atoms with E-state index in [1.54, 1.807) is 0 Å². The van der Waals surface area contributed by atoms with E-state index in [9.17, 15) is 4.79 Å². The maximum atomic E-state index is 11.3. The molecule has 1 aliphatic rings. The molecule has 0 unspecified atom stereocenters. The van der Waals surface area contributed by atoms with Crippen molar-refractivity contribution >= 4 is 5.91 Å². The first-order valence-corrected chi connectivity index (χ1v) is 5.24. The Morgan fingerprint density at radius 1 is 1.40 bits per heavy atom. The average Bonchev–Trinajstić information content (AvgIpc) is 2.61. The molecule has 0 aromatic heterocycles. The largest absolute Gasteiger partial charge is 0.369 e. The minimum Gasteiger partial charge on any atom is -0.369 e. The number of likely N-dealkylation sites (tertiary alicyclic amines) is 1. The van der Waals surface area contributed by atoms with Crippen LogP contribution in [0, 0.1) is 5.92 Å². The van der Waals surface area contributed by atoms with Crippen molar-refractivity contribution in [3.8, 4) is 0 Å². The molecular weight excluding hydrogens is 188 g/mol. The van der Waals surface area contributed by atoms with Crippen molar-refractivity contribution in [3.05, 3.63) is 35.9 Å². The fourth-order valence-corrected chi connectivity index (χ4v) is 2.38. The highest BCUT2D eigenvalue weighted by Crippen LogP contribution is 2.35. The Bertz CT molecular complexity index is 350. The summed E-state index contributed by atoms with van der Waals surface area (Å²) in [5.41, 5.74) is 6.60. The number of benzene rings is 1. The quantitative estimate of drug-likeness (QED) is 0.786. The van der Waals surface area contributed by atoms with Crippen molar-refractivity contribution in [2.24, 2.45) is 11.7 Å². The van der Waals surface area contributed by atoms with E-state index in [4.69, 9.17) is 5.73 Å². The van der Waals surface area contributed by atoms with Crippen molar-refractivity contribution in [1.82, 2.24) is 4.90 Å². The lowest BCUT2D eigenvalue weighted by Crippen LogP contribution is -2.29. The summed E-state index contributed by atoms with van der Waals surface area (Å²) in [7, 11) is 2.04. The van der Waals surface area contributed by atoms with Crippen LogP contribution in [0.25, 0.3) is 0 Å². The Morgan fingerprint density at radius 3 is 2.67 bits per heavy atom. The van der Waals surface area contributed by atoms with E-state index in [0.29, 0.717) is 0 Å². The molecule has 0 bridgehead atoms. The van der Waals surface area contributed by atoms with Crippen LogP contribution in [0.2, 0.25) is 0 Å². The Balaban J connectivity index is 2.29. The van der Waals surface area contributed by atoms with E-state index in [0.717, 1.165) is 13.0 Å². The molecule has 2 rings (SSSR count). The van der Waals surface area contributed by atoms with Gasteiger partial charge in [0.25, 0.3) is 0 Å². The monoisotopic (exact) mass is 204 g/mol. The predicted octanol–water partition coefficient (Wildman–Crippen LogP) is 1.16. The second kappa shape index (κ2) is 4.03. The van der Waals surface area contributed by atoms with Gasteiger partial charge in [-0.05, 0) is 25.6 Å². The summed E-state index contributed by atoms with van der Waals surface area (Å²) in [5, 5.41) is 0. The normalized spacial score (nSPS) is 26.7. The number of primary amides is 1. The van der Waals surface area contributed by atoms with Crippen LogP contribution in [0.4, 0.5) is 0 Å². The van der Waals surface area contributed by atoms with Gasteiger partial charge in [-0.1, -0.05) is 30.3 Å². The zero-order valence-electron chi connectivity index (χ0n) is 8.89. The average molecular weight is 204 g/mol. The molecule has 1 amide bonds. The van der Waals surface area contributed by atoms with E-state index in [1.807, 2.05) is 25.2 Å². The van der Waals surface area contributed by atoms with Gasteiger partial charge in [0.05, 0.1) is 5.92 Å². The Hall–Kier alpha value is -1.35. The van der Waals surface area contributed by atoms with Crippen LogP contribution < -0.4 is 5.73 Å². The van der Waals surface area contributed by atoms with Gasteiger partial charge >= 0.3 is 0 Å². The Labute approximate surface area is 89.9 Å². The molecule has 3 heteroatoms. The molecule has 2 N–H and O–H groups in total. The summed E-state index contributed by atoms with van der Waals surface area (Å²) in [6, 6.07) is 10.3. The van der Waals surface area contributed by atoms with Crippen LogP contribution in [-0.4, -0.2) is 24.4 Å². The molecule has 1 aromatic carbocycles. The second-order valence-corrected chi connectivity index (χ2v) is 4.13. The van der Waals surface area contributed by atoms with Crippen molar-refractivity contribution in [2.75, 3.05) is 13.6 Å². The molecule has 1 fully saturated rings. The Morgan fingerprint density at radius 2 is 2.07 bits per heavy atom. The lowest BCUT2D eigenvalue weighted by Gasteiger charge is -2.23. The topological polar surface area (TPSA) is 46.3 Å². The van der Waals surface area contributed by atoms with Crippen molar-refractivity contribution in [1.29, 1.82) is 0 Å². The van der Waals surface area contributed by atoms with E-state index >= 15 is 0 Å². The second-order valence-electron chi connectivity index (χ2n) is 4.13. The predicted molar refractivity (Wildman–Crippen MR) is 59.1 cm³/mol. The van der Waals surface area contributed by atoms with Crippen LogP contribution in [0.15, 0.2) is 30.3 Å². The van der Waals surface area contributed by atoms with Crippen LogP contribution in [0.3, 0.4) is 0 Å². The summed E-state index contributed by atoms with van der Waals surface area (Å²) in [5.74, 6) is -0.231. The van der Waals surface area contributed by atoms with Gasteiger partial charge in [0.1, 0.15) is 0 Å². The van der Waals surface area contributed by atoms with Gasteiger partial charge in [-0.2, -0.15) is 0 Å². The van der Waals surface area contributed by atoms with E-state index in [-0.39, 0.29) is 17.9 Å². The lowest BCUT2D eigenvalue weighted by atomic mass is 9.93. The number of carbonyl (C=O) groups excluding carboxylic acids is 1. The Kier molecular flexibility index (Phi) is 2.73. The van der Waals surface area contributed by atoms with Gasteiger partial charge in [0.2, 0.25) is 5.91 Å². The van der Waals surface area contributed by atoms with Crippen molar-refractivity contribution in [3.63, 3.8) is 0 Å². The van der Waals surface area contributed by atoms with E-state index in [1.165, 1.54) is 5.56 Å². The van der Waals surface area contributed by atoms with Gasteiger partial charge < -0.3 is 5.73 Å². The van der Waals surface area contributed by atoms with Gasteiger partial charge in [-0.15, -0.1) is 0 Å². The third kappa shape index (κ3) is 1.88. The molecular formula is C12H16N2O. The van der Waals surface area contributed by atoms with Crippen LogP contribution in [-0.2, 0) is 4.79 Å². The number of hydrogen-bond donors (Lipinski definition) is 1. The number of nitrogens with two attached hydrogens (primary N) is 1. The maximum Gasteiger partial charge on any atom is 0.222 e. The van der Waals surface area contributed by atoms with Crippen LogP contribution in [0.5, 0.6) is 0 Å². The van der Waals surface area contributed by atoms with Crippen LogP contribution >= 0.6 is 0 Å². The van der Waals surface area contributed by atoms with Crippen LogP contribution in [0.1, 0.15) is 18.0 Å². The zero-order chi connectivity index (χ0) is 10.8. The number of amides is 1. The van der Waals surface area contributed by atoms with Gasteiger partial charge in [0.15, 0.2) is 0 Å². The molecule has 0 aliphatic carbocycles. The zero-order valence-corrected chi connectivity index (χ0v) is 8.89. The SMILES string of the molecule is CN1CC[C@H](C(N)=O)[C@H]1c1ccccc1. The van der Waals surface area contributed by atoms with Crippen molar-refractivity contribution < 1.29 is 4.79 Å². The molecule has 80 valence electrons. The minimum atomic E-state index is -0.187. The molecule has 15 heavy (non-hydrogen) atoms. The van der Waals surface area contributed by atoms with Gasteiger partial charge in [-0.25, -0.2) is 0 Å². The fourth-order valence-electron chi connectivity index (χ4n) is 2.38. The first kappa shape index (κ1) is 10.2. The number of hydrogen-bond acceptors (Lipinski definition) is 2. The summed E-state index contributed by atoms with van der Waals surface area (Å²) in [6.07, 6.45) is 0.866. The lowest BCUT2D eigenvalue weighted by molar-refractivity contribution is -0.122. The third-order valence-electron chi connectivity index (χ3n) is 3.16. The standard InChI is InChI=1S/C12H16N2O/c1-14-8-7-10(12(13)15)11(14)9-5-3-2-4-6-9/h2-6,10-11H,7-8H2,1H3,(H2,13,15)/t10-,11+/m0/s1. The molecule has 2 atom stereocenters. The molecule has 0 spiro atoms. The molecule has 0 radical (unpaired) electrons. The molecule has 1 aliphatic heterocycles. The number of rotatable bonds is 2. The molecule has 1 heterocycles. The number of carbonyl (C=O) groups is 1.